The molecule has 5 heteroatoms. The predicted octanol–water partition coefficient (Wildman–Crippen LogP) is 1.69. The summed E-state index contributed by atoms with van der Waals surface area (Å²) in [7, 11) is 0. The molecule has 0 spiro atoms. The molecule has 0 amide bonds. The zero-order valence-electron chi connectivity index (χ0n) is 9.64. The van der Waals surface area contributed by atoms with Crippen LogP contribution in [0.15, 0.2) is 24.3 Å². The second-order valence-electron chi connectivity index (χ2n) is 3.74. The zero-order chi connectivity index (χ0) is 11.4. The van der Waals surface area contributed by atoms with Gasteiger partial charge in [0.2, 0.25) is 0 Å². The molecule has 17 heavy (non-hydrogen) atoms. The van der Waals surface area contributed by atoms with Crippen LogP contribution in [0.25, 0.3) is 0 Å². The second kappa shape index (κ2) is 6.59. The molecule has 94 valence electrons. The number of ether oxygens (including phenoxy) is 2. The molecule has 0 aromatic heterocycles. The van der Waals surface area contributed by atoms with Crippen LogP contribution in [-0.4, -0.2) is 25.7 Å². The molecule has 1 aliphatic rings. The van der Waals surface area contributed by atoms with Crippen LogP contribution in [0.2, 0.25) is 0 Å². The monoisotopic (exact) mass is 257 g/mol. The van der Waals surface area contributed by atoms with Gasteiger partial charge in [-0.3, -0.25) is 4.79 Å². The van der Waals surface area contributed by atoms with E-state index in [1.165, 1.54) is 6.92 Å². The summed E-state index contributed by atoms with van der Waals surface area (Å²) in [6.45, 7) is 3.72. The SMILES string of the molecule is CC(=O)Oc1ccc([C@H]2COCCN2)cc1.Cl. The third-order valence-electron chi connectivity index (χ3n) is 2.47. The molecule has 4 nitrogen and oxygen atoms in total. The maximum atomic E-state index is 10.7. The largest absolute Gasteiger partial charge is 0.427 e. The molecule has 1 aliphatic heterocycles. The van der Waals surface area contributed by atoms with Crippen LogP contribution in [0.3, 0.4) is 0 Å². The average Bonchev–Trinajstić information content (AvgIpc) is 2.30. The van der Waals surface area contributed by atoms with Gasteiger partial charge in [0.15, 0.2) is 0 Å². The summed E-state index contributed by atoms with van der Waals surface area (Å²) in [5.41, 5.74) is 1.15. The number of rotatable bonds is 2. The van der Waals surface area contributed by atoms with Gasteiger partial charge < -0.3 is 14.8 Å². The van der Waals surface area contributed by atoms with Crippen LogP contribution in [0.4, 0.5) is 0 Å². The van der Waals surface area contributed by atoms with Crippen LogP contribution in [0.1, 0.15) is 18.5 Å². The molecular formula is C12H16ClNO3. The number of esters is 1. The van der Waals surface area contributed by atoms with Gasteiger partial charge in [0.25, 0.3) is 0 Å². The quantitative estimate of drug-likeness (QED) is 0.647. The maximum Gasteiger partial charge on any atom is 0.308 e. The summed E-state index contributed by atoms with van der Waals surface area (Å²) in [5, 5.41) is 3.36. The minimum absolute atomic E-state index is 0. The molecule has 0 saturated carbocycles. The Morgan fingerprint density at radius 3 is 2.65 bits per heavy atom. The first-order valence-corrected chi connectivity index (χ1v) is 5.35. The second-order valence-corrected chi connectivity index (χ2v) is 3.74. The van der Waals surface area contributed by atoms with Crippen molar-refractivity contribution in [1.82, 2.24) is 5.32 Å². The normalized spacial score (nSPS) is 19.2. The first-order valence-electron chi connectivity index (χ1n) is 5.35. The Balaban J connectivity index is 0.00000144. The van der Waals surface area contributed by atoms with Crippen LogP contribution in [0.5, 0.6) is 5.75 Å². The number of morpholine rings is 1. The van der Waals surface area contributed by atoms with E-state index in [0.717, 1.165) is 18.7 Å². The summed E-state index contributed by atoms with van der Waals surface area (Å²) in [5.74, 6) is 0.278. The molecule has 1 N–H and O–H groups in total. The van der Waals surface area contributed by atoms with Crippen molar-refractivity contribution < 1.29 is 14.3 Å². The number of carbonyl (C=O) groups excluding carboxylic acids is 1. The molecule has 1 atom stereocenters. The number of hydrogen-bond acceptors (Lipinski definition) is 4. The number of benzene rings is 1. The fourth-order valence-corrected chi connectivity index (χ4v) is 1.71. The standard InChI is InChI=1S/C12H15NO3.ClH/c1-9(14)16-11-4-2-10(3-5-11)12-8-15-7-6-13-12;/h2-5,12-13H,6-8H2,1H3;1H/t12-;/m1./s1. The maximum absolute atomic E-state index is 10.7. The van der Waals surface area contributed by atoms with Crippen LogP contribution in [-0.2, 0) is 9.53 Å². The van der Waals surface area contributed by atoms with E-state index >= 15 is 0 Å². The van der Waals surface area contributed by atoms with E-state index < -0.39 is 0 Å². The molecule has 1 aromatic rings. The van der Waals surface area contributed by atoms with E-state index in [0.29, 0.717) is 12.4 Å². The number of nitrogens with one attached hydrogen (secondary N) is 1. The lowest BCUT2D eigenvalue weighted by molar-refractivity contribution is -0.131. The fraction of sp³-hybridized carbons (Fsp3) is 0.417. The third-order valence-corrected chi connectivity index (χ3v) is 2.47. The molecular weight excluding hydrogens is 242 g/mol. The van der Waals surface area contributed by atoms with Gasteiger partial charge in [0.1, 0.15) is 5.75 Å². The minimum atomic E-state index is -0.299. The highest BCUT2D eigenvalue weighted by molar-refractivity contribution is 5.85. The Morgan fingerprint density at radius 1 is 1.41 bits per heavy atom. The van der Waals surface area contributed by atoms with E-state index in [1.54, 1.807) is 12.1 Å². The van der Waals surface area contributed by atoms with Crippen molar-refractivity contribution >= 4 is 18.4 Å². The Bertz CT molecular complexity index is 361. The van der Waals surface area contributed by atoms with Crippen LogP contribution in [0, 0.1) is 0 Å². The Labute approximate surface area is 107 Å². The first kappa shape index (κ1) is 14.0. The number of halogens is 1. The highest BCUT2D eigenvalue weighted by Gasteiger charge is 2.14. The average molecular weight is 258 g/mol. The van der Waals surface area contributed by atoms with Crippen LogP contribution < -0.4 is 10.1 Å². The van der Waals surface area contributed by atoms with Gasteiger partial charge in [0, 0.05) is 13.5 Å². The van der Waals surface area contributed by atoms with Crippen LogP contribution >= 0.6 is 12.4 Å². The van der Waals surface area contributed by atoms with Gasteiger partial charge in [-0.05, 0) is 17.7 Å². The Hall–Kier alpha value is -1.10. The summed E-state index contributed by atoms with van der Waals surface area (Å²) < 4.78 is 10.3. The van der Waals surface area contributed by atoms with Crippen molar-refractivity contribution in [3.8, 4) is 5.75 Å². The highest BCUT2D eigenvalue weighted by Crippen LogP contribution is 2.19. The molecule has 1 aromatic carbocycles. The van der Waals surface area contributed by atoms with E-state index in [4.69, 9.17) is 9.47 Å². The molecule has 1 fully saturated rings. The molecule has 2 rings (SSSR count). The van der Waals surface area contributed by atoms with Gasteiger partial charge >= 0.3 is 5.97 Å². The molecule has 0 aliphatic carbocycles. The molecule has 1 heterocycles. The fourth-order valence-electron chi connectivity index (χ4n) is 1.71. The van der Waals surface area contributed by atoms with Crippen molar-refractivity contribution in [2.24, 2.45) is 0 Å². The zero-order valence-corrected chi connectivity index (χ0v) is 10.5. The number of carbonyl (C=O) groups is 1. The summed E-state index contributed by atoms with van der Waals surface area (Å²) >= 11 is 0. The molecule has 0 bridgehead atoms. The predicted molar refractivity (Wildman–Crippen MR) is 66.6 cm³/mol. The summed E-state index contributed by atoms with van der Waals surface area (Å²) in [6.07, 6.45) is 0. The van der Waals surface area contributed by atoms with Crippen molar-refractivity contribution in [2.45, 2.75) is 13.0 Å². The Kier molecular flexibility index (Phi) is 5.41. The lowest BCUT2D eigenvalue weighted by Gasteiger charge is -2.24. The van der Waals surface area contributed by atoms with E-state index in [2.05, 4.69) is 5.32 Å². The molecule has 1 saturated heterocycles. The van der Waals surface area contributed by atoms with Gasteiger partial charge in [-0.25, -0.2) is 0 Å². The van der Waals surface area contributed by atoms with Gasteiger partial charge in [-0.1, -0.05) is 12.1 Å². The van der Waals surface area contributed by atoms with Crippen molar-refractivity contribution in [3.05, 3.63) is 29.8 Å². The Morgan fingerprint density at radius 2 is 2.12 bits per heavy atom. The lowest BCUT2D eigenvalue weighted by Crippen LogP contribution is -2.34. The topological polar surface area (TPSA) is 47.6 Å². The lowest BCUT2D eigenvalue weighted by atomic mass is 10.1. The smallest absolute Gasteiger partial charge is 0.308 e. The summed E-state index contributed by atoms with van der Waals surface area (Å²) in [6, 6.07) is 7.73. The van der Waals surface area contributed by atoms with Crippen molar-refractivity contribution in [2.75, 3.05) is 19.8 Å². The molecule has 0 radical (unpaired) electrons. The molecule has 0 unspecified atom stereocenters. The highest BCUT2D eigenvalue weighted by atomic mass is 35.5. The first-order chi connectivity index (χ1) is 7.75. The van der Waals surface area contributed by atoms with E-state index in [-0.39, 0.29) is 24.4 Å². The van der Waals surface area contributed by atoms with E-state index in [1.807, 2.05) is 12.1 Å². The van der Waals surface area contributed by atoms with Gasteiger partial charge in [-0.15, -0.1) is 12.4 Å². The third kappa shape index (κ3) is 4.00. The van der Waals surface area contributed by atoms with Gasteiger partial charge in [-0.2, -0.15) is 0 Å². The van der Waals surface area contributed by atoms with Crippen molar-refractivity contribution in [3.63, 3.8) is 0 Å². The minimum Gasteiger partial charge on any atom is -0.427 e. The van der Waals surface area contributed by atoms with E-state index in [9.17, 15) is 4.79 Å². The summed E-state index contributed by atoms with van der Waals surface area (Å²) in [4.78, 5) is 10.7. The van der Waals surface area contributed by atoms with Gasteiger partial charge in [0.05, 0.1) is 19.3 Å². The van der Waals surface area contributed by atoms with Crippen molar-refractivity contribution in [1.29, 1.82) is 0 Å². The number of hydrogen-bond donors (Lipinski definition) is 1.